The van der Waals surface area contributed by atoms with Gasteiger partial charge in [-0.25, -0.2) is 0 Å². The molecule has 1 aliphatic rings. The summed E-state index contributed by atoms with van der Waals surface area (Å²) < 4.78 is 11.0. The molecule has 0 radical (unpaired) electrons. The van der Waals surface area contributed by atoms with Gasteiger partial charge < -0.3 is 14.2 Å². The standard InChI is InChI=1S/C23H23N3O3/c1-3-16-5-7-17(8-6-16)15-26-20(13-14-21(26)27)23-24-22(25-29-23)18-9-11-19(12-10-18)28-4-2/h3,5-12,20H,1,4,13-15H2,2H3. The number of hydrogen-bond donors (Lipinski definition) is 0. The van der Waals surface area contributed by atoms with Crippen LogP contribution in [0.2, 0.25) is 0 Å². The molecule has 1 unspecified atom stereocenters. The second kappa shape index (κ2) is 8.31. The van der Waals surface area contributed by atoms with Crippen LogP contribution in [0, 0.1) is 0 Å². The van der Waals surface area contributed by atoms with Gasteiger partial charge in [-0.05, 0) is 48.7 Å². The summed E-state index contributed by atoms with van der Waals surface area (Å²) >= 11 is 0. The average molecular weight is 389 g/mol. The highest BCUT2D eigenvalue weighted by molar-refractivity contribution is 5.79. The van der Waals surface area contributed by atoms with E-state index in [1.807, 2.05) is 60.4 Å². The Kier molecular flexibility index (Phi) is 5.42. The number of ether oxygens (including phenoxy) is 1. The number of carbonyl (C=O) groups is 1. The zero-order chi connectivity index (χ0) is 20.2. The minimum absolute atomic E-state index is 0.101. The molecule has 2 aromatic carbocycles. The first-order valence-corrected chi connectivity index (χ1v) is 9.75. The third-order valence-electron chi connectivity index (χ3n) is 5.05. The zero-order valence-corrected chi connectivity index (χ0v) is 16.4. The maximum absolute atomic E-state index is 12.5. The largest absolute Gasteiger partial charge is 0.494 e. The van der Waals surface area contributed by atoms with Crippen LogP contribution in [0.25, 0.3) is 17.5 Å². The summed E-state index contributed by atoms with van der Waals surface area (Å²) in [5, 5.41) is 4.12. The van der Waals surface area contributed by atoms with Crippen LogP contribution in [0.4, 0.5) is 0 Å². The molecule has 3 aromatic rings. The van der Waals surface area contributed by atoms with E-state index < -0.39 is 0 Å². The number of amides is 1. The lowest BCUT2D eigenvalue weighted by Crippen LogP contribution is -2.27. The Morgan fingerprint density at radius 1 is 1.21 bits per heavy atom. The number of rotatable bonds is 7. The lowest BCUT2D eigenvalue weighted by molar-refractivity contribution is -0.129. The molecule has 29 heavy (non-hydrogen) atoms. The Balaban J connectivity index is 1.52. The van der Waals surface area contributed by atoms with Crippen molar-refractivity contribution in [3.8, 4) is 17.1 Å². The fourth-order valence-electron chi connectivity index (χ4n) is 3.50. The molecule has 148 valence electrons. The normalized spacial score (nSPS) is 16.2. The summed E-state index contributed by atoms with van der Waals surface area (Å²) in [4.78, 5) is 18.9. The molecule has 1 aliphatic heterocycles. The molecule has 1 amide bonds. The van der Waals surface area contributed by atoms with Crippen LogP contribution in [-0.2, 0) is 11.3 Å². The van der Waals surface area contributed by atoms with Crippen LogP contribution >= 0.6 is 0 Å². The highest BCUT2D eigenvalue weighted by atomic mass is 16.5. The topological polar surface area (TPSA) is 68.5 Å². The van der Waals surface area contributed by atoms with Crippen LogP contribution in [0.15, 0.2) is 59.6 Å². The van der Waals surface area contributed by atoms with E-state index in [1.165, 1.54) is 0 Å². The summed E-state index contributed by atoms with van der Waals surface area (Å²) in [5.74, 6) is 1.89. The Morgan fingerprint density at radius 3 is 2.66 bits per heavy atom. The van der Waals surface area contributed by atoms with Gasteiger partial charge >= 0.3 is 0 Å². The zero-order valence-electron chi connectivity index (χ0n) is 16.4. The molecule has 0 N–H and O–H groups in total. The van der Waals surface area contributed by atoms with Crippen LogP contribution in [0.5, 0.6) is 5.75 Å². The number of carbonyl (C=O) groups excluding carboxylic acids is 1. The molecular formula is C23H23N3O3. The van der Waals surface area contributed by atoms with Crippen molar-refractivity contribution >= 4 is 12.0 Å². The van der Waals surface area contributed by atoms with Crippen LogP contribution < -0.4 is 4.74 Å². The van der Waals surface area contributed by atoms with Gasteiger partial charge in [0.1, 0.15) is 11.8 Å². The second-order valence-electron chi connectivity index (χ2n) is 6.94. The van der Waals surface area contributed by atoms with E-state index in [4.69, 9.17) is 9.26 Å². The summed E-state index contributed by atoms with van der Waals surface area (Å²) in [6.45, 7) is 6.85. The first kappa shape index (κ1) is 18.9. The number of hydrogen-bond acceptors (Lipinski definition) is 5. The van der Waals surface area contributed by atoms with Crippen molar-refractivity contribution in [1.82, 2.24) is 15.0 Å². The molecule has 0 saturated carbocycles. The molecule has 6 heteroatoms. The van der Waals surface area contributed by atoms with Crippen molar-refractivity contribution in [3.63, 3.8) is 0 Å². The molecule has 1 atom stereocenters. The fraction of sp³-hybridized carbons (Fsp3) is 0.261. The molecule has 0 bridgehead atoms. The number of aromatic nitrogens is 2. The summed E-state index contributed by atoms with van der Waals surface area (Å²) in [5.41, 5.74) is 2.95. The average Bonchev–Trinajstić information content (AvgIpc) is 3.37. The van der Waals surface area contributed by atoms with Crippen molar-refractivity contribution < 1.29 is 14.1 Å². The third-order valence-corrected chi connectivity index (χ3v) is 5.05. The summed E-state index contributed by atoms with van der Waals surface area (Å²) in [7, 11) is 0. The van der Waals surface area contributed by atoms with Crippen molar-refractivity contribution in [2.75, 3.05) is 6.61 Å². The van der Waals surface area contributed by atoms with Gasteiger partial charge in [-0.1, -0.05) is 42.1 Å². The molecule has 6 nitrogen and oxygen atoms in total. The molecule has 0 spiro atoms. The van der Waals surface area contributed by atoms with E-state index in [0.717, 1.165) is 22.4 Å². The van der Waals surface area contributed by atoms with E-state index in [2.05, 4.69) is 16.7 Å². The van der Waals surface area contributed by atoms with E-state index in [0.29, 0.717) is 37.7 Å². The molecule has 4 rings (SSSR count). The van der Waals surface area contributed by atoms with Gasteiger partial charge in [-0.2, -0.15) is 4.98 Å². The second-order valence-corrected chi connectivity index (χ2v) is 6.94. The first-order chi connectivity index (χ1) is 14.2. The predicted octanol–water partition coefficient (Wildman–Crippen LogP) is 4.64. The van der Waals surface area contributed by atoms with Crippen molar-refractivity contribution in [3.05, 3.63) is 72.1 Å². The maximum atomic E-state index is 12.5. The lowest BCUT2D eigenvalue weighted by atomic mass is 10.1. The third kappa shape index (κ3) is 4.06. The van der Waals surface area contributed by atoms with Crippen LogP contribution in [-0.4, -0.2) is 27.6 Å². The number of benzene rings is 2. The van der Waals surface area contributed by atoms with Gasteiger partial charge in [-0.15, -0.1) is 0 Å². The van der Waals surface area contributed by atoms with E-state index in [-0.39, 0.29) is 11.9 Å². The van der Waals surface area contributed by atoms with Gasteiger partial charge in [0.15, 0.2) is 0 Å². The molecule has 1 aromatic heterocycles. The smallest absolute Gasteiger partial charge is 0.249 e. The van der Waals surface area contributed by atoms with E-state index in [9.17, 15) is 4.79 Å². The van der Waals surface area contributed by atoms with Gasteiger partial charge in [-0.3, -0.25) is 4.79 Å². The van der Waals surface area contributed by atoms with E-state index in [1.54, 1.807) is 6.08 Å². The van der Waals surface area contributed by atoms with Gasteiger partial charge in [0.25, 0.3) is 0 Å². The molecule has 0 aliphatic carbocycles. The molecular weight excluding hydrogens is 366 g/mol. The SMILES string of the molecule is C=Cc1ccc(CN2C(=O)CCC2c2nc(-c3ccc(OCC)cc3)no2)cc1. The van der Waals surface area contributed by atoms with E-state index >= 15 is 0 Å². The minimum atomic E-state index is -0.203. The monoisotopic (exact) mass is 389 g/mol. The Morgan fingerprint density at radius 2 is 1.97 bits per heavy atom. The van der Waals surface area contributed by atoms with Crippen molar-refractivity contribution in [1.29, 1.82) is 0 Å². The predicted molar refractivity (Wildman–Crippen MR) is 110 cm³/mol. The number of nitrogens with zero attached hydrogens (tertiary/aromatic N) is 3. The van der Waals surface area contributed by atoms with Gasteiger partial charge in [0.05, 0.1) is 6.61 Å². The van der Waals surface area contributed by atoms with Crippen molar-refractivity contribution in [2.24, 2.45) is 0 Å². The summed E-state index contributed by atoms with van der Waals surface area (Å²) in [6.07, 6.45) is 2.96. The fourth-order valence-corrected chi connectivity index (χ4v) is 3.50. The minimum Gasteiger partial charge on any atom is -0.494 e. The first-order valence-electron chi connectivity index (χ1n) is 9.75. The summed E-state index contributed by atoms with van der Waals surface area (Å²) in [6, 6.07) is 15.4. The van der Waals surface area contributed by atoms with Gasteiger partial charge in [0.2, 0.25) is 17.6 Å². The van der Waals surface area contributed by atoms with Crippen LogP contribution in [0.1, 0.15) is 42.8 Å². The molecule has 1 fully saturated rings. The molecule has 1 saturated heterocycles. The van der Waals surface area contributed by atoms with Crippen LogP contribution in [0.3, 0.4) is 0 Å². The Hall–Kier alpha value is -3.41. The highest BCUT2D eigenvalue weighted by Crippen LogP contribution is 2.34. The van der Waals surface area contributed by atoms with Gasteiger partial charge in [0, 0.05) is 18.5 Å². The quantitative estimate of drug-likeness (QED) is 0.589. The maximum Gasteiger partial charge on any atom is 0.249 e. The number of likely N-dealkylation sites (tertiary alicyclic amines) is 1. The Bertz CT molecular complexity index is 993. The Labute approximate surface area is 169 Å². The van der Waals surface area contributed by atoms with Crippen molar-refractivity contribution in [2.45, 2.75) is 32.4 Å². The highest BCUT2D eigenvalue weighted by Gasteiger charge is 2.36. The molecule has 2 heterocycles. The lowest BCUT2D eigenvalue weighted by Gasteiger charge is -2.22.